The molecule has 0 fully saturated rings. The van der Waals surface area contributed by atoms with Crippen molar-refractivity contribution in [1.29, 1.82) is 0 Å². The van der Waals surface area contributed by atoms with Crippen molar-refractivity contribution in [1.82, 2.24) is 0 Å². The van der Waals surface area contributed by atoms with Gasteiger partial charge in [0.15, 0.2) is 0 Å². The van der Waals surface area contributed by atoms with Crippen LogP contribution < -0.4 is 9.80 Å². The molecule has 0 spiro atoms. The fourth-order valence-electron chi connectivity index (χ4n) is 8.74. The van der Waals surface area contributed by atoms with E-state index in [2.05, 4.69) is 254 Å². The van der Waals surface area contributed by atoms with Crippen molar-refractivity contribution in [3.63, 3.8) is 0 Å². The summed E-state index contributed by atoms with van der Waals surface area (Å²) in [6.45, 7) is 4.67. The molecule has 0 atom stereocenters. The van der Waals surface area contributed by atoms with Crippen molar-refractivity contribution in [2.75, 3.05) is 9.80 Å². The molecule has 9 aromatic carbocycles. The highest BCUT2D eigenvalue weighted by molar-refractivity contribution is 5.88. The van der Waals surface area contributed by atoms with Crippen LogP contribution in [0.3, 0.4) is 0 Å². The van der Waals surface area contributed by atoms with Gasteiger partial charge in [-0.1, -0.05) is 184 Å². The van der Waals surface area contributed by atoms with Crippen LogP contribution in [0.4, 0.5) is 34.1 Å². The van der Waals surface area contributed by atoms with Gasteiger partial charge in [-0.25, -0.2) is 0 Å². The summed E-state index contributed by atoms with van der Waals surface area (Å²) in [5.41, 5.74) is 19.1. The van der Waals surface area contributed by atoms with Crippen molar-refractivity contribution < 1.29 is 0 Å². The molecule has 1 aliphatic rings. The molecule has 9 aromatic rings. The second kappa shape index (κ2) is 15.2. The van der Waals surface area contributed by atoms with E-state index in [1.807, 2.05) is 0 Å². The Morgan fingerprint density at radius 3 is 1.05 bits per heavy atom. The third-order valence-corrected chi connectivity index (χ3v) is 11.9. The van der Waals surface area contributed by atoms with Gasteiger partial charge in [-0.05, 0) is 116 Å². The van der Waals surface area contributed by atoms with E-state index in [0.29, 0.717) is 0 Å². The average Bonchev–Trinajstić information content (AvgIpc) is 3.31. The first-order chi connectivity index (χ1) is 29.0. The zero-order valence-corrected chi connectivity index (χ0v) is 33.3. The normalized spacial score (nSPS) is 12.7. The molecular formula is C57H44N2. The standard InChI is InChI=1S/C57H44N2/c1-57(2)53-20-9-11-22-55(53)59(56-23-12-10-21-54(56)57)52-19-13-18-48(40-52)47-32-38-51(39-33-47)58(49-34-28-45(29-35-49)42-16-7-4-8-17-42)50-36-30-46(31-37-50)44-26-24-43(25-27-44)41-14-5-3-6-15-41/h3-40H,1-2H3. The molecule has 2 nitrogen and oxygen atoms in total. The Balaban J connectivity index is 0.988. The third kappa shape index (κ3) is 6.79. The van der Waals surface area contributed by atoms with Crippen LogP contribution in [-0.2, 0) is 5.41 Å². The predicted octanol–water partition coefficient (Wildman–Crippen LogP) is 15.9. The fourth-order valence-corrected chi connectivity index (χ4v) is 8.74. The summed E-state index contributed by atoms with van der Waals surface area (Å²) in [4.78, 5) is 4.77. The van der Waals surface area contributed by atoms with Crippen molar-refractivity contribution in [3.05, 3.63) is 242 Å². The number of nitrogens with zero attached hydrogens (tertiary/aromatic N) is 2. The van der Waals surface area contributed by atoms with Crippen LogP contribution in [-0.4, -0.2) is 0 Å². The highest BCUT2D eigenvalue weighted by atomic mass is 15.2. The average molecular weight is 757 g/mol. The van der Waals surface area contributed by atoms with Gasteiger partial charge in [0, 0.05) is 28.2 Å². The van der Waals surface area contributed by atoms with Crippen LogP contribution in [0.1, 0.15) is 25.0 Å². The molecule has 2 heteroatoms. The van der Waals surface area contributed by atoms with Gasteiger partial charge < -0.3 is 9.80 Å². The molecule has 0 unspecified atom stereocenters. The van der Waals surface area contributed by atoms with E-state index >= 15 is 0 Å². The van der Waals surface area contributed by atoms with Gasteiger partial charge in [0.25, 0.3) is 0 Å². The lowest BCUT2D eigenvalue weighted by Crippen LogP contribution is -2.30. The summed E-state index contributed by atoms with van der Waals surface area (Å²) in [7, 11) is 0. The highest BCUT2D eigenvalue weighted by Crippen LogP contribution is 2.52. The number of fused-ring (bicyclic) bond motifs is 2. The molecule has 59 heavy (non-hydrogen) atoms. The number of hydrogen-bond acceptors (Lipinski definition) is 2. The summed E-state index contributed by atoms with van der Waals surface area (Å²) in [5.74, 6) is 0. The second-order valence-corrected chi connectivity index (χ2v) is 15.8. The van der Waals surface area contributed by atoms with Crippen molar-refractivity contribution in [2.24, 2.45) is 0 Å². The van der Waals surface area contributed by atoms with Crippen molar-refractivity contribution in [3.8, 4) is 44.5 Å². The second-order valence-electron chi connectivity index (χ2n) is 15.8. The van der Waals surface area contributed by atoms with Gasteiger partial charge >= 0.3 is 0 Å². The summed E-state index contributed by atoms with van der Waals surface area (Å²) < 4.78 is 0. The minimum atomic E-state index is -0.0979. The van der Waals surface area contributed by atoms with E-state index in [1.165, 1.54) is 67.0 Å². The highest BCUT2D eigenvalue weighted by Gasteiger charge is 2.36. The molecule has 0 saturated heterocycles. The van der Waals surface area contributed by atoms with Gasteiger partial charge in [-0.15, -0.1) is 0 Å². The van der Waals surface area contributed by atoms with E-state index < -0.39 is 0 Å². The summed E-state index contributed by atoms with van der Waals surface area (Å²) >= 11 is 0. The Labute approximate surface area is 347 Å². The van der Waals surface area contributed by atoms with Gasteiger partial charge in [-0.2, -0.15) is 0 Å². The Morgan fingerprint density at radius 2 is 0.627 bits per heavy atom. The molecule has 0 amide bonds. The SMILES string of the molecule is CC1(C)c2ccccc2N(c2cccc(-c3ccc(N(c4ccc(-c5ccccc5)cc4)c4ccc(-c5ccc(-c6ccccc6)cc5)cc4)cc3)c2)c2ccccc21. The number of benzene rings is 9. The molecule has 0 aromatic heterocycles. The van der Waals surface area contributed by atoms with Gasteiger partial charge in [0.1, 0.15) is 0 Å². The quantitative estimate of drug-likeness (QED) is 0.152. The van der Waals surface area contributed by atoms with Crippen molar-refractivity contribution in [2.45, 2.75) is 19.3 Å². The minimum Gasteiger partial charge on any atom is -0.311 e. The Hall–Kier alpha value is -7.42. The molecule has 0 bridgehead atoms. The molecule has 0 saturated carbocycles. The Kier molecular flexibility index (Phi) is 9.24. The molecule has 282 valence electrons. The van der Waals surface area contributed by atoms with Gasteiger partial charge in [0.2, 0.25) is 0 Å². The summed E-state index contributed by atoms with van der Waals surface area (Å²) in [5, 5.41) is 0. The van der Waals surface area contributed by atoms with Gasteiger partial charge in [-0.3, -0.25) is 0 Å². The van der Waals surface area contributed by atoms with Crippen LogP contribution in [0.25, 0.3) is 44.5 Å². The number of anilines is 6. The van der Waals surface area contributed by atoms with Crippen LogP contribution in [0.5, 0.6) is 0 Å². The molecule has 1 heterocycles. The lowest BCUT2D eigenvalue weighted by Gasteiger charge is -2.42. The van der Waals surface area contributed by atoms with E-state index in [9.17, 15) is 0 Å². The largest absolute Gasteiger partial charge is 0.311 e. The molecular weight excluding hydrogens is 713 g/mol. The smallest absolute Gasteiger partial charge is 0.0502 e. The van der Waals surface area contributed by atoms with Crippen LogP contribution in [0.2, 0.25) is 0 Å². The Morgan fingerprint density at radius 1 is 0.305 bits per heavy atom. The van der Waals surface area contributed by atoms with Gasteiger partial charge in [0.05, 0.1) is 11.4 Å². The first-order valence-electron chi connectivity index (χ1n) is 20.4. The summed E-state index contributed by atoms with van der Waals surface area (Å²) in [6.07, 6.45) is 0. The van der Waals surface area contributed by atoms with Crippen LogP contribution in [0.15, 0.2) is 231 Å². The van der Waals surface area contributed by atoms with E-state index in [4.69, 9.17) is 0 Å². The first kappa shape index (κ1) is 36.0. The van der Waals surface area contributed by atoms with E-state index in [1.54, 1.807) is 0 Å². The predicted molar refractivity (Wildman–Crippen MR) is 250 cm³/mol. The van der Waals surface area contributed by atoms with Crippen LogP contribution in [0, 0.1) is 0 Å². The molecule has 0 aliphatic carbocycles. The fraction of sp³-hybridized carbons (Fsp3) is 0.0526. The monoisotopic (exact) mass is 756 g/mol. The molecule has 10 rings (SSSR count). The van der Waals surface area contributed by atoms with Crippen molar-refractivity contribution >= 4 is 34.1 Å². The minimum absolute atomic E-state index is 0.0979. The first-order valence-corrected chi connectivity index (χ1v) is 20.4. The third-order valence-electron chi connectivity index (χ3n) is 11.9. The van der Waals surface area contributed by atoms with Crippen LogP contribution >= 0.6 is 0 Å². The molecule has 0 radical (unpaired) electrons. The zero-order chi connectivity index (χ0) is 39.8. The number of rotatable bonds is 8. The zero-order valence-electron chi connectivity index (χ0n) is 33.3. The number of hydrogen-bond donors (Lipinski definition) is 0. The van der Waals surface area contributed by atoms with E-state index in [0.717, 1.165) is 22.7 Å². The molecule has 1 aliphatic heterocycles. The maximum atomic E-state index is 2.43. The Bertz CT molecular complexity index is 2810. The lowest BCUT2D eigenvalue weighted by molar-refractivity contribution is 0.632. The maximum Gasteiger partial charge on any atom is 0.0502 e. The summed E-state index contributed by atoms with van der Waals surface area (Å²) in [6, 6.07) is 83.4. The van der Waals surface area contributed by atoms with E-state index in [-0.39, 0.29) is 5.41 Å². The molecule has 0 N–H and O–H groups in total. The lowest BCUT2D eigenvalue weighted by atomic mass is 9.73. The number of para-hydroxylation sites is 2. The topological polar surface area (TPSA) is 6.48 Å². The maximum absolute atomic E-state index is 2.43.